The SMILES string of the molecule is CC1CN2CCCCC2CN1c1c(F)cccc1CN. The Morgan fingerprint density at radius 1 is 1.30 bits per heavy atom. The second-order valence-electron chi connectivity index (χ2n) is 6.10. The monoisotopic (exact) mass is 277 g/mol. The fourth-order valence-electron chi connectivity index (χ4n) is 3.71. The molecule has 110 valence electrons. The lowest BCUT2D eigenvalue weighted by Gasteiger charge is -2.48. The molecule has 0 bridgehead atoms. The molecule has 20 heavy (non-hydrogen) atoms. The van der Waals surface area contributed by atoms with E-state index in [9.17, 15) is 4.39 Å². The van der Waals surface area contributed by atoms with Crippen molar-refractivity contribution in [3.05, 3.63) is 29.6 Å². The summed E-state index contributed by atoms with van der Waals surface area (Å²) in [5.74, 6) is -0.135. The van der Waals surface area contributed by atoms with Gasteiger partial charge in [0.1, 0.15) is 5.82 Å². The predicted octanol–water partition coefficient (Wildman–Crippen LogP) is 2.35. The molecular formula is C16H24FN3. The number of rotatable bonds is 2. The van der Waals surface area contributed by atoms with Gasteiger partial charge in [-0.2, -0.15) is 0 Å². The van der Waals surface area contributed by atoms with Crippen LogP contribution in [0.4, 0.5) is 10.1 Å². The molecule has 0 radical (unpaired) electrons. The van der Waals surface area contributed by atoms with Crippen molar-refractivity contribution in [1.29, 1.82) is 0 Å². The second-order valence-corrected chi connectivity index (χ2v) is 6.10. The zero-order valence-corrected chi connectivity index (χ0v) is 12.2. The summed E-state index contributed by atoms with van der Waals surface area (Å²) in [5.41, 5.74) is 7.45. The molecule has 2 aliphatic heterocycles. The molecule has 2 atom stereocenters. The highest BCUT2D eigenvalue weighted by Gasteiger charge is 2.34. The summed E-state index contributed by atoms with van der Waals surface area (Å²) in [6.07, 6.45) is 3.83. The van der Waals surface area contributed by atoms with Gasteiger partial charge >= 0.3 is 0 Å². The first-order valence-electron chi connectivity index (χ1n) is 7.69. The topological polar surface area (TPSA) is 32.5 Å². The first-order valence-corrected chi connectivity index (χ1v) is 7.69. The van der Waals surface area contributed by atoms with E-state index < -0.39 is 0 Å². The van der Waals surface area contributed by atoms with Crippen LogP contribution < -0.4 is 10.6 Å². The van der Waals surface area contributed by atoms with Crippen molar-refractivity contribution < 1.29 is 4.39 Å². The second kappa shape index (κ2) is 5.70. The first-order chi connectivity index (χ1) is 9.70. The summed E-state index contributed by atoms with van der Waals surface area (Å²) in [6.45, 7) is 5.74. The van der Waals surface area contributed by atoms with E-state index in [0.29, 0.717) is 18.6 Å². The van der Waals surface area contributed by atoms with Crippen LogP contribution in [0, 0.1) is 5.82 Å². The van der Waals surface area contributed by atoms with Gasteiger partial charge in [0.15, 0.2) is 0 Å². The Hall–Kier alpha value is -1.13. The van der Waals surface area contributed by atoms with Crippen molar-refractivity contribution in [2.45, 2.75) is 44.8 Å². The molecule has 0 amide bonds. The number of hydrogen-bond acceptors (Lipinski definition) is 3. The highest BCUT2D eigenvalue weighted by molar-refractivity contribution is 5.56. The van der Waals surface area contributed by atoms with Gasteiger partial charge in [0.25, 0.3) is 0 Å². The molecule has 0 spiro atoms. The number of hydrogen-bond donors (Lipinski definition) is 1. The highest BCUT2D eigenvalue weighted by Crippen LogP contribution is 2.32. The standard InChI is InChI=1S/C16H24FN3/c1-12-10-19-8-3-2-6-14(19)11-20(12)16-13(9-18)5-4-7-15(16)17/h4-5,7,12,14H,2-3,6,8-11,18H2,1H3. The zero-order chi connectivity index (χ0) is 14.1. The van der Waals surface area contributed by atoms with E-state index in [0.717, 1.165) is 24.3 Å². The lowest BCUT2D eigenvalue weighted by atomic mass is 9.96. The van der Waals surface area contributed by atoms with Crippen LogP contribution in [0.2, 0.25) is 0 Å². The molecule has 2 saturated heterocycles. The van der Waals surface area contributed by atoms with Gasteiger partial charge in [0.2, 0.25) is 0 Å². The van der Waals surface area contributed by atoms with Crippen molar-refractivity contribution in [1.82, 2.24) is 4.90 Å². The first kappa shape index (κ1) is 13.8. The minimum Gasteiger partial charge on any atom is -0.363 e. The van der Waals surface area contributed by atoms with E-state index in [1.807, 2.05) is 6.07 Å². The van der Waals surface area contributed by atoms with Gasteiger partial charge in [-0.05, 0) is 37.9 Å². The largest absolute Gasteiger partial charge is 0.363 e. The Bertz CT molecular complexity index is 477. The molecule has 0 saturated carbocycles. The van der Waals surface area contributed by atoms with E-state index >= 15 is 0 Å². The number of piperazine rings is 1. The number of halogens is 1. The van der Waals surface area contributed by atoms with Crippen LogP contribution in [0.1, 0.15) is 31.7 Å². The fraction of sp³-hybridized carbons (Fsp3) is 0.625. The van der Waals surface area contributed by atoms with Crippen molar-refractivity contribution in [3.63, 3.8) is 0 Å². The molecule has 2 unspecified atom stereocenters. The maximum absolute atomic E-state index is 14.3. The molecule has 1 aromatic rings. The number of anilines is 1. The molecule has 1 aromatic carbocycles. The maximum atomic E-state index is 14.3. The average Bonchev–Trinajstić information content (AvgIpc) is 2.46. The number of nitrogens with two attached hydrogens (primary N) is 1. The van der Waals surface area contributed by atoms with Gasteiger partial charge in [-0.15, -0.1) is 0 Å². The van der Waals surface area contributed by atoms with Crippen LogP contribution in [0.3, 0.4) is 0 Å². The number of para-hydroxylation sites is 1. The van der Waals surface area contributed by atoms with Crippen LogP contribution in [0.15, 0.2) is 18.2 Å². The van der Waals surface area contributed by atoms with Gasteiger partial charge in [0, 0.05) is 31.7 Å². The van der Waals surface area contributed by atoms with Gasteiger partial charge in [-0.25, -0.2) is 4.39 Å². The van der Waals surface area contributed by atoms with Crippen LogP contribution in [-0.2, 0) is 6.54 Å². The summed E-state index contributed by atoms with van der Waals surface area (Å²) in [4.78, 5) is 4.82. The van der Waals surface area contributed by atoms with E-state index in [1.54, 1.807) is 12.1 Å². The van der Waals surface area contributed by atoms with E-state index in [2.05, 4.69) is 16.7 Å². The third kappa shape index (κ3) is 2.42. The van der Waals surface area contributed by atoms with E-state index in [1.165, 1.54) is 25.8 Å². The smallest absolute Gasteiger partial charge is 0.146 e. The third-order valence-corrected chi connectivity index (χ3v) is 4.76. The molecule has 0 aliphatic carbocycles. The Morgan fingerprint density at radius 3 is 2.95 bits per heavy atom. The summed E-state index contributed by atoms with van der Waals surface area (Å²) in [7, 11) is 0. The Morgan fingerprint density at radius 2 is 2.15 bits per heavy atom. The van der Waals surface area contributed by atoms with Gasteiger partial charge < -0.3 is 10.6 Å². The third-order valence-electron chi connectivity index (χ3n) is 4.76. The van der Waals surface area contributed by atoms with Crippen molar-refractivity contribution in [3.8, 4) is 0 Å². The van der Waals surface area contributed by atoms with Crippen molar-refractivity contribution >= 4 is 5.69 Å². The molecule has 2 fully saturated rings. The molecule has 0 aromatic heterocycles. The maximum Gasteiger partial charge on any atom is 0.146 e. The summed E-state index contributed by atoms with van der Waals surface area (Å²) in [6, 6.07) is 6.16. The quantitative estimate of drug-likeness (QED) is 0.900. The number of nitrogens with zero attached hydrogens (tertiary/aromatic N) is 2. The molecular weight excluding hydrogens is 253 g/mol. The molecule has 3 rings (SSSR count). The van der Waals surface area contributed by atoms with Gasteiger partial charge in [0.05, 0.1) is 5.69 Å². The number of fused-ring (bicyclic) bond motifs is 1. The fourth-order valence-corrected chi connectivity index (χ4v) is 3.71. The summed E-state index contributed by atoms with van der Waals surface area (Å²) < 4.78 is 14.3. The summed E-state index contributed by atoms with van der Waals surface area (Å²) >= 11 is 0. The van der Waals surface area contributed by atoms with Crippen LogP contribution in [0.25, 0.3) is 0 Å². The van der Waals surface area contributed by atoms with Crippen LogP contribution >= 0.6 is 0 Å². The van der Waals surface area contributed by atoms with Gasteiger partial charge in [-0.3, -0.25) is 4.90 Å². The number of benzene rings is 1. The molecule has 4 heteroatoms. The minimum atomic E-state index is -0.135. The normalized spacial score (nSPS) is 27.4. The van der Waals surface area contributed by atoms with Crippen LogP contribution in [-0.4, -0.2) is 36.6 Å². The van der Waals surface area contributed by atoms with Crippen molar-refractivity contribution in [2.75, 3.05) is 24.5 Å². The Balaban J connectivity index is 1.90. The van der Waals surface area contributed by atoms with E-state index in [4.69, 9.17) is 5.73 Å². The molecule has 2 N–H and O–H groups in total. The lowest BCUT2D eigenvalue weighted by Crippen LogP contribution is -2.59. The number of piperidine rings is 1. The van der Waals surface area contributed by atoms with E-state index in [-0.39, 0.29) is 5.82 Å². The molecule has 2 aliphatic rings. The highest BCUT2D eigenvalue weighted by atomic mass is 19.1. The molecule has 3 nitrogen and oxygen atoms in total. The lowest BCUT2D eigenvalue weighted by molar-refractivity contribution is 0.115. The molecule has 2 heterocycles. The predicted molar refractivity (Wildman–Crippen MR) is 80.3 cm³/mol. The average molecular weight is 277 g/mol. The zero-order valence-electron chi connectivity index (χ0n) is 12.2. The Labute approximate surface area is 120 Å². The summed E-state index contributed by atoms with van der Waals surface area (Å²) in [5, 5.41) is 0. The minimum absolute atomic E-state index is 0.135. The Kier molecular flexibility index (Phi) is 3.94. The van der Waals surface area contributed by atoms with Crippen molar-refractivity contribution in [2.24, 2.45) is 5.73 Å². The van der Waals surface area contributed by atoms with Crippen LogP contribution in [0.5, 0.6) is 0 Å². The van der Waals surface area contributed by atoms with Gasteiger partial charge in [-0.1, -0.05) is 18.6 Å².